The summed E-state index contributed by atoms with van der Waals surface area (Å²) < 4.78 is 7.91. The number of hydrogen-bond donors (Lipinski definition) is 1. The number of ether oxygens (including phenoxy) is 1. The van der Waals surface area contributed by atoms with Gasteiger partial charge in [-0.15, -0.1) is 0 Å². The lowest BCUT2D eigenvalue weighted by molar-refractivity contribution is 0.415. The molecule has 0 unspecified atom stereocenters. The van der Waals surface area contributed by atoms with Gasteiger partial charge in [-0.3, -0.25) is 4.57 Å². The van der Waals surface area contributed by atoms with Crippen LogP contribution in [0.1, 0.15) is 5.56 Å². The SMILES string of the molecule is COc1ccc(-n2c(=S)[nH]c3cc(C)ccc32)cc1. The van der Waals surface area contributed by atoms with Crippen molar-refractivity contribution in [2.45, 2.75) is 6.92 Å². The second kappa shape index (κ2) is 4.55. The number of rotatable bonds is 2. The zero-order valence-corrected chi connectivity index (χ0v) is 11.6. The summed E-state index contributed by atoms with van der Waals surface area (Å²) in [4.78, 5) is 3.24. The van der Waals surface area contributed by atoms with E-state index in [1.165, 1.54) is 5.56 Å². The third-order valence-corrected chi connectivity index (χ3v) is 3.45. The van der Waals surface area contributed by atoms with Gasteiger partial charge in [0.15, 0.2) is 4.77 Å². The van der Waals surface area contributed by atoms with Crippen LogP contribution in [-0.4, -0.2) is 16.7 Å². The van der Waals surface area contributed by atoms with E-state index in [2.05, 4.69) is 30.1 Å². The summed E-state index contributed by atoms with van der Waals surface area (Å²) in [5.41, 5.74) is 4.38. The van der Waals surface area contributed by atoms with Crippen molar-refractivity contribution in [3.63, 3.8) is 0 Å². The number of benzene rings is 2. The normalized spacial score (nSPS) is 10.8. The largest absolute Gasteiger partial charge is 0.497 e. The Morgan fingerprint density at radius 3 is 2.53 bits per heavy atom. The number of fused-ring (bicyclic) bond motifs is 1. The molecule has 2 aromatic carbocycles. The molecule has 0 aliphatic heterocycles. The number of hydrogen-bond acceptors (Lipinski definition) is 2. The van der Waals surface area contributed by atoms with Crippen LogP contribution < -0.4 is 4.74 Å². The van der Waals surface area contributed by atoms with Gasteiger partial charge in [-0.2, -0.15) is 0 Å². The molecular formula is C15H14N2OS. The lowest BCUT2D eigenvalue weighted by Gasteiger charge is -2.06. The summed E-state index contributed by atoms with van der Waals surface area (Å²) in [5, 5.41) is 0. The number of aryl methyl sites for hydroxylation is 1. The van der Waals surface area contributed by atoms with E-state index < -0.39 is 0 Å². The highest BCUT2D eigenvalue weighted by molar-refractivity contribution is 7.71. The van der Waals surface area contributed by atoms with Gasteiger partial charge in [0.1, 0.15) is 5.75 Å². The van der Waals surface area contributed by atoms with Gasteiger partial charge in [-0.05, 0) is 61.1 Å². The van der Waals surface area contributed by atoms with Crippen molar-refractivity contribution >= 4 is 23.3 Å². The molecule has 0 fully saturated rings. The van der Waals surface area contributed by atoms with Crippen LogP contribution in [0.4, 0.5) is 0 Å². The van der Waals surface area contributed by atoms with Crippen molar-refractivity contribution in [1.82, 2.24) is 9.55 Å². The van der Waals surface area contributed by atoms with E-state index in [1.807, 2.05) is 28.8 Å². The zero-order valence-electron chi connectivity index (χ0n) is 10.8. The monoisotopic (exact) mass is 270 g/mol. The minimum absolute atomic E-state index is 0.700. The molecule has 4 heteroatoms. The fourth-order valence-corrected chi connectivity index (χ4v) is 2.53. The van der Waals surface area contributed by atoms with E-state index in [9.17, 15) is 0 Å². The van der Waals surface area contributed by atoms with E-state index >= 15 is 0 Å². The first kappa shape index (κ1) is 12.0. The van der Waals surface area contributed by atoms with Gasteiger partial charge in [0.25, 0.3) is 0 Å². The van der Waals surface area contributed by atoms with Gasteiger partial charge in [-0.1, -0.05) is 6.07 Å². The minimum Gasteiger partial charge on any atom is -0.497 e. The Morgan fingerprint density at radius 1 is 1.11 bits per heavy atom. The molecule has 0 aliphatic carbocycles. The Morgan fingerprint density at radius 2 is 1.84 bits per heavy atom. The maximum absolute atomic E-state index is 5.42. The van der Waals surface area contributed by atoms with Gasteiger partial charge in [-0.25, -0.2) is 0 Å². The summed E-state index contributed by atoms with van der Waals surface area (Å²) in [6.07, 6.45) is 0. The number of nitrogens with zero attached hydrogens (tertiary/aromatic N) is 1. The predicted molar refractivity (Wildman–Crippen MR) is 79.7 cm³/mol. The maximum Gasteiger partial charge on any atom is 0.182 e. The maximum atomic E-state index is 5.42. The molecule has 0 amide bonds. The van der Waals surface area contributed by atoms with Gasteiger partial charge in [0.2, 0.25) is 0 Å². The van der Waals surface area contributed by atoms with Crippen LogP contribution in [0.2, 0.25) is 0 Å². The van der Waals surface area contributed by atoms with Crippen LogP contribution in [0.15, 0.2) is 42.5 Å². The van der Waals surface area contributed by atoms with Crippen molar-refractivity contribution in [2.75, 3.05) is 7.11 Å². The predicted octanol–water partition coefficient (Wildman–Crippen LogP) is 4.01. The van der Waals surface area contributed by atoms with Crippen LogP contribution in [0.5, 0.6) is 5.75 Å². The van der Waals surface area contributed by atoms with Crippen LogP contribution in [0, 0.1) is 11.7 Å². The van der Waals surface area contributed by atoms with Crippen LogP contribution >= 0.6 is 12.2 Å². The molecule has 3 nitrogen and oxygen atoms in total. The summed E-state index contributed by atoms with van der Waals surface area (Å²) in [5.74, 6) is 0.839. The van der Waals surface area contributed by atoms with Gasteiger partial charge >= 0.3 is 0 Å². The van der Waals surface area contributed by atoms with Crippen LogP contribution in [0.25, 0.3) is 16.7 Å². The Labute approximate surface area is 116 Å². The highest BCUT2D eigenvalue weighted by Gasteiger charge is 2.06. The van der Waals surface area contributed by atoms with Gasteiger partial charge in [0, 0.05) is 5.69 Å². The summed E-state index contributed by atoms with van der Waals surface area (Å²) in [7, 11) is 1.66. The van der Waals surface area contributed by atoms with Gasteiger partial charge in [0.05, 0.1) is 18.1 Å². The standard InChI is InChI=1S/C15H14N2OS/c1-10-3-8-14-13(9-10)16-15(19)17(14)11-4-6-12(18-2)7-5-11/h3-9H,1-2H3,(H,16,19). The Hall–Kier alpha value is -2.07. The lowest BCUT2D eigenvalue weighted by atomic mass is 10.2. The van der Waals surface area contributed by atoms with E-state index in [-0.39, 0.29) is 0 Å². The number of nitrogens with one attached hydrogen (secondary N) is 1. The Bertz CT molecular complexity index is 784. The van der Waals surface area contributed by atoms with E-state index in [0.29, 0.717) is 4.77 Å². The summed E-state index contributed by atoms with van der Waals surface area (Å²) in [6, 6.07) is 14.1. The van der Waals surface area contributed by atoms with Crippen molar-refractivity contribution in [2.24, 2.45) is 0 Å². The second-order valence-corrected chi connectivity index (χ2v) is 4.87. The summed E-state index contributed by atoms with van der Waals surface area (Å²) >= 11 is 5.42. The molecular weight excluding hydrogens is 256 g/mol. The van der Waals surface area contributed by atoms with E-state index in [4.69, 9.17) is 17.0 Å². The van der Waals surface area contributed by atoms with Crippen LogP contribution in [0.3, 0.4) is 0 Å². The third kappa shape index (κ3) is 2.04. The molecule has 0 radical (unpaired) electrons. The first-order valence-electron chi connectivity index (χ1n) is 6.05. The molecule has 0 saturated carbocycles. The molecule has 0 saturated heterocycles. The first-order chi connectivity index (χ1) is 9.19. The highest BCUT2D eigenvalue weighted by atomic mass is 32.1. The number of methoxy groups -OCH3 is 1. The van der Waals surface area contributed by atoms with Crippen molar-refractivity contribution < 1.29 is 4.74 Å². The van der Waals surface area contributed by atoms with Crippen LogP contribution in [-0.2, 0) is 0 Å². The molecule has 3 rings (SSSR count). The van der Waals surface area contributed by atoms with Crippen molar-refractivity contribution in [3.8, 4) is 11.4 Å². The van der Waals surface area contributed by atoms with E-state index in [0.717, 1.165) is 22.5 Å². The minimum atomic E-state index is 0.700. The van der Waals surface area contributed by atoms with Crippen molar-refractivity contribution in [1.29, 1.82) is 0 Å². The van der Waals surface area contributed by atoms with Crippen molar-refractivity contribution in [3.05, 3.63) is 52.8 Å². The summed E-state index contributed by atoms with van der Waals surface area (Å²) in [6.45, 7) is 2.07. The fraction of sp³-hybridized carbons (Fsp3) is 0.133. The molecule has 96 valence electrons. The zero-order chi connectivity index (χ0) is 13.4. The topological polar surface area (TPSA) is 29.9 Å². The number of imidazole rings is 1. The molecule has 0 spiro atoms. The molecule has 19 heavy (non-hydrogen) atoms. The number of aromatic nitrogens is 2. The highest BCUT2D eigenvalue weighted by Crippen LogP contribution is 2.22. The average Bonchev–Trinajstić information content (AvgIpc) is 2.74. The van der Waals surface area contributed by atoms with Gasteiger partial charge < -0.3 is 9.72 Å². The fourth-order valence-electron chi connectivity index (χ4n) is 2.21. The third-order valence-electron chi connectivity index (χ3n) is 3.17. The smallest absolute Gasteiger partial charge is 0.182 e. The molecule has 0 atom stereocenters. The second-order valence-electron chi connectivity index (χ2n) is 4.48. The Kier molecular flexibility index (Phi) is 2.87. The average molecular weight is 270 g/mol. The number of aromatic amines is 1. The molecule has 3 aromatic rings. The molecule has 1 aromatic heterocycles. The van der Waals surface area contributed by atoms with E-state index in [1.54, 1.807) is 7.11 Å². The Balaban J connectivity index is 2.23. The number of H-pyrrole nitrogens is 1. The first-order valence-corrected chi connectivity index (χ1v) is 6.45. The molecule has 0 bridgehead atoms. The lowest BCUT2D eigenvalue weighted by Crippen LogP contribution is -1.94. The molecule has 1 N–H and O–H groups in total. The molecule has 1 heterocycles. The molecule has 0 aliphatic rings. The quantitative estimate of drug-likeness (QED) is 0.713.